The van der Waals surface area contributed by atoms with Crippen molar-refractivity contribution in [2.45, 2.75) is 39.7 Å². The maximum absolute atomic E-state index is 6.26. The number of nitrogens with zero attached hydrogens (tertiary/aromatic N) is 2. The van der Waals surface area contributed by atoms with Crippen LogP contribution in [-0.2, 0) is 13.0 Å². The second kappa shape index (κ2) is 6.11. The van der Waals surface area contributed by atoms with Crippen LogP contribution in [0.1, 0.15) is 32.5 Å². The Bertz CT molecular complexity index is 543. The summed E-state index contributed by atoms with van der Waals surface area (Å²) < 4.78 is 2.13. The van der Waals surface area contributed by atoms with Gasteiger partial charge in [0, 0.05) is 23.6 Å². The lowest BCUT2D eigenvalue weighted by Crippen LogP contribution is -2.06. The molecule has 0 amide bonds. The third-order valence-corrected chi connectivity index (χ3v) is 3.51. The predicted octanol–water partition coefficient (Wildman–Crippen LogP) is 4.15. The average molecular weight is 278 g/mol. The van der Waals surface area contributed by atoms with Crippen molar-refractivity contribution in [3.8, 4) is 11.3 Å². The van der Waals surface area contributed by atoms with E-state index < -0.39 is 0 Å². The van der Waals surface area contributed by atoms with E-state index in [-0.39, 0.29) is 0 Å². The maximum Gasteiger partial charge on any atom is 0.131 e. The van der Waals surface area contributed by atoms with Crippen LogP contribution in [0, 0.1) is 0 Å². The lowest BCUT2D eigenvalue weighted by atomic mass is 10.1. The lowest BCUT2D eigenvalue weighted by molar-refractivity contribution is 0.612. The van der Waals surface area contributed by atoms with Crippen LogP contribution in [0.25, 0.3) is 11.3 Å². The predicted molar refractivity (Wildman–Crippen MR) is 81.4 cm³/mol. The molecular formula is C15H20ClN3. The number of unbranched alkanes of at least 4 members (excludes halogenated alkanes) is 1. The van der Waals surface area contributed by atoms with Crippen molar-refractivity contribution in [2.75, 3.05) is 5.73 Å². The first kappa shape index (κ1) is 13.9. The highest BCUT2D eigenvalue weighted by molar-refractivity contribution is 6.30. The topological polar surface area (TPSA) is 43.8 Å². The fraction of sp³-hybridized carbons (Fsp3) is 0.400. The Labute approximate surface area is 119 Å². The highest BCUT2D eigenvalue weighted by Gasteiger charge is 2.14. The maximum atomic E-state index is 6.26. The number of benzene rings is 1. The number of hydrogen-bond acceptors (Lipinski definition) is 2. The molecule has 1 aromatic carbocycles. The zero-order chi connectivity index (χ0) is 13.8. The van der Waals surface area contributed by atoms with E-state index in [2.05, 4.69) is 23.4 Å². The van der Waals surface area contributed by atoms with E-state index in [0.29, 0.717) is 0 Å². The minimum absolute atomic E-state index is 0.725. The van der Waals surface area contributed by atoms with Crippen LogP contribution in [0.2, 0.25) is 5.02 Å². The van der Waals surface area contributed by atoms with E-state index in [9.17, 15) is 0 Å². The van der Waals surface area contributed by atoms with Gasteiger partial charge >= 0.3 is 0 Å². The molecule has 0 radical (unpaired) electrons. The Morgan fingerprint density at radius 3 is 2.47 bits per heavy atom. The highest BCUT2D eigenvalue weighted by atomic mass is 35.5. The summed E-state index contributed by atoms with van der Waals surface area (Å²) in [6.07, 6.45) is 3.16. The Morgan fingerprint density at radius 1 is 1.21 bits per heavy atom. The molecule has 2 aromatic rings. The first-order chi connectivity index (χ1) is 9.17. The van der Waals surface area contributed by atoms with Gasteiger partial charge < -0.3 is 10.3 Å². The first-order valence-electron chi connectivity index (χ1n) is 6.78. The molecule has 0 spiro atoms. The Balaban J connectivity index is 2.41. The zero-order valence-corrected chi connectivity index (χ0v) is 12.2. The molecule has 0 saturated carbocycles. The van der Waals surface area contributed by atoms with Crippen LogP contribution >= 0.6 is 11.6 Å². The van der Waals surface area contributed by atoms with Crippen molar-refractivity contribution in [2.24, 2.45) is 0 Å². The van der Waals surface area contributed by atoms with Gasteiger partial charge in [-0.3, -0.25) is 0 Å². The smallest absolute Gasteiger partial charge is 0.131 e. The molecule has 0 atom stereocenters. The molecule has 1 heterocycles. The molecule has 2 N–H and O–H groups in total. The quantitative estimate of drug-likeness (QED) is 0.892. The summed E-state index contributed by atoms with van der Waals surface area (Å²) in [5, 5.41) is 0.725. The molecule has 0 aliphatic heterocycles. The molecule has 0 fully saturated rings. The Kier molecular flexibility index (Phi) is 4.48. The minimum Gasteiger partial charge on any atom is -0.383 e. The molecule has 3 nitrogen and oxygen atoms in total. The van der Waals surface area contributed by atoms with Gasteiger partial charge in [0.15, 0.2) is 0 Å². The van der Waals surface area contributed by atoms with Gasteiger partial charge in [0.2, 0.25) is 0 Å². The van der Waals surface area contributed by atoms with Gasteiger partial charge in [0.05, 0.1) is 0 Å². The van der Waals surface area contributed by atoms with E-state index in [4.69, 9.17) is 17.3 Å². The van der Waals surface area contributed by atoms with Crippen LogP contribution in [0.4, 0.5) is 5.82 Å². The van der Waals surface area contributed by atoms with Gasteiger partial charge in [0.1, 0.15) is 17.3 Å². The molecule has 0 aliphatic rings. The number of anilines is 1. The molecule has 102 valence electrons. The monoisotopic (exact) mass is 277 g/mol. The van der Waals surface area contributed by atoms with E-state index >= 15 is 0 Å². The van der Waals surface area contributed by atoms with Crippen LogP contribution < -0.4 is 5.73 Å². The summed E-state index contributed by atoms with van der Waals surface area (Å²) in [6.45, 7) is 5.22. The molecule has 0 saturated heterocycles. The highest BCUT2D eigenvalue weighted by Crippen LogP contribution is 2.28. The van der Waals surface area contributed by atoms with Gasteiger partial charge in [-0.05, 0) is 18.6 Å². The van der Waals surface area contributed by atoms with E-state index in [1.807, 2.05) is 24.3 Å². The number of nitrogens with two attached hydrogens (primary N) is 1. The summed E-state index contributed by atoms with van der Waals surface area (Å²) in [7, 11) is 0. The standard InChI is InChI=1S/C15H20ClN3/c1-3-5-10-19-13(4-2)18-14(15(19)17)11-6-8-12(16)9-7-11/h6-9H,3-5,10,17H2,1-2H3. The van der Waals surface area contributed by atoms with Gasteiger partial charge in [-0.2, -0.15) is 0 Å². The van der Waals surface area contributed by atoms with Gasteiger partial charge in [-0.25, -0.2) is 4.98 Å². The van der Waals surface area contributed by atoms with Crippen molar-refractivity contribution >= 4 is 17.4 Å². The average Bonchev–Trinajstić information content (AvgIpc) is 2.74. The van der Waals surface area contributed by atoms with Gasteiger partial charge in [-0.1, -0.05) is 44.0 Å². The molecule has 4 heteroatoms. The lowest BCUT2D eigenvalue weighted by Gasteiger charge is -2.07. The molecule has 0 bridgehead atoms. The van der Waals surface area contributed by atoms with Crippen molar-refractivity contribution in [3.05, 3.63) is 35.1 Å². The van der Waals surface area contributed by atoms with Crippen molar-refractivity contribution < 1.29 is 0 Å². The summed E-state index contributed by atoms with van der Waals surface area (Å²) in [4.78, 5) is 4.68. The third kappa shape index (κ3) is 2.92. The number of hydrogen-bond donors (Lipinski definition) is 1. The van der Waals surface area contributed by atoms with Crippen LogP contribution in [0.5, 0.6) is 0 Å². The van der Waals surface area contributed by atoms with Crippen LogP contribution in [-0.4, -0.2) is 9.55 Å². The summed E-state index contributed by atoms with van der Waals surface area (Å²) >= 11 is 5.91. The molecular weight excluding hydrogens is 258 g/mol. The summed E-state index contributed by atoms with van der Waals surface area (Å²) in [5.41, 5.74) is 8.14. The van der Waals surface area contributed by atoms with Crippen molar-refractivity contribution in [3.63, 3.8) is 0 Å². The SMILES string of the molecule is CCCCn1c(CC)nc(-c2ccc(Cl)cc2)c1N. The van der Waals surface area contributed by atoms with Gasteiger partial charge in [0.25, 0.3) is 0 Å². The van der Waals surface area contributed by atoms with E-state index in [1.54, 1.807) is 0 Å². The number of rotatable bonds is 5. The second-order valence-corrected chi connectivity index (χ2v) is 5.06. The molecule has 19 heavy (non-hydrogen) atoms. The molecule has 1 aromatic heterocycles. The number of aromatic nitrogens is 2. The summed E-state index contributed by atoms with van der Waals surface area (Å²) in [6, 6.07) is 7.66. The number of imidazole rings is 1. The third-order valence-electron chi connectivity index (χ3n) is 3.26. The summed E-state index contributed by atoms with van der Waals surface area (Å²) in [5.74, 6) is 1.81. The number of nitrogen functional groups attached to an aromatic ring is 1. The fourth-order valence-corrected chi connectivity index (χ4v) is 2.30. The van der Waals surface area contributed by atoms with Crippen molar-refractivity contribution in [1.29, 1.82) is 0 Å². The molecule has 0 aliphatic carbocycles. The van der Waals surface area contributed by atoms with Crippen molar-refractivity contribution in [1.82, 2.24) is 9.55 Å². The number of aryl methyl sites for hydroxylation is 1. The van der Waals surface area contributed by atoms with Crippen LogP contribution in [0.15, 0.2) is 24.3 Å². The zero-order valence-electron chi connectivity index (χ0n) is 11.5. The largest absolute Gasteiger partial charge is 0.383 e. The van der Waals surface area contributed by atoms with E-state index in [1.165, 1.54) is 0 Å². The second-order valence-electron chi connectivity index (χ2n) is 4.63. The Hall–Kier alpha value is -1.48. The minimum atomic E-state index is 0.725. The van der Waals surface area contributed by atoms with Gasteiger partial charge in [-0.15, -0.1) is 0 Å². The fourth-order valence-electron chi connectivity index (χ4n) is 2.17. The normalized spacial score (nSPS) is 10.9. The number of halogens is 1. The Morgan fingerprint density at radius 2 is 1.89 bits per heavy atom. The van der Waals surface area contributed by atoms with E-state index in [0.717, 1.165) is 53.7 Å². The first-order valence-corrected chi connectivity index (χ1v) is 7.16. The molecule has 0 unspecified atom stereocenters. The van der Waals surface area contributed by atoms with Crippen LogP contribution in [0.3, 0.4) is 0 Å². The molecule has 2 rings (SSSR count).